The first-order valence-corrected chi connectivity index (χ1v) is 6.82. The molecule has 1 unspecified atom stereocenters. The third-order valence-electron chi connectivity index (χ3n) is 3.80. The summed E-state index contributed by atoms with van der Waals surface area (Å²) in [6.45, 7) is 4.17. The highest BCUT2D eigenvalue weighted by atomic mass is 16.4. The summed E-state index contributed by atoms with van der Waals surface area (Å²) in [5.41, 5.74) is 4.33. The molecule has 0 aliphatic heterocycles. The Balaban J connectivity index is 2.04. The highest BCUT2D eigenvalue weighted by molar-refractivity contribution is 5.92. The summed E-state index contributed by atoms with van der Waals surface area (Å²) >= 11 is 0. The Kier molecular flexibility index (Phi) is 3.22. The molecule has 0 saturated heterocycles. The van der Waals surface area contributed by atoms with Gasteiger partial charge in [0.25, 0.3) is 0 Å². The molecule has 0 bridgehead atoms. The van der Waals surface area contributed by atoms with E-state index in [0.29, 0.717) is 5.52 Å². The lowest BCUT2D eigenvalue weighted by molar-refractivity contribution is 0.0697. The summed E-state index contributed by atoms with van der Waals surface area (Å²) < 4.78 is 2.06. The molecule has 0 fully saturated rings. The van der Waals surface area contributed by atoms with Crippen LogP contribution >= 0.6 is 0 Å². The van der Waals surface area contributed by atoms with Crippen LogP contribution in [0, 0.1) is 6.92 Å². The Morgan fingerprint density at radius 2 is 1.90 bits per heavy atom. The number of aromatic nitrogens is 2. The molecule has 3 aromatic rings. The van der Waals surface area contributed by atoms with E-state index in [4.69, 9.17) is 5.11 Å². The number of carboxylic acids is 1. The first-order chi connectivity index (χ1) is 10.1. The van der Waals surface area contributed by atoms with Crippen LogP contribution in [0.3, 0.4) is 0 Å². The molecule has 2 aromatic carbocycles. The number of nitrogens with zero attached hydrogens (tertiary/aromatic N) is 2. The predicted molar refractivity (Wildman–Crippen MR) is 81.7 cm³/mol. The van der Waals surface area contributed by atoms with Gasteiger partial charge < -0.3 is 9.67 Å². The molecule has 21 heavy (non-hydrogen) atoms. The van der Waals surface area contributed by atoms with Crippen molar-refractivity contribution in [2.75, 3.05) is 0 Å². The van der Waals surface area contributed by atoms with Gasteiger partial charge in [0, 0.05) is 0 Å². The topological polar surface area (TPSA) is 55.1 Å². The molecule has 1 heterocycles. The van der Waals surface area contributed by atoms with Gasteiger partial charge in [0.05, 0.1) is 29.0 Å². The summed E-state index contributed by atoms with van der Waals surface area (Å²) in [6.07, 6.45) is 1.76. The summed E-state index contributed by atoms with van der Waals surface area (Å²) in [6, 6.07) is 13.6. The maximum absolute atomic E-state index is 11.0. The lowest BCUT2D eigenvalue weighted by Crippen LogP contribution is -2.05. The van der Waals surface area contributed by atoms with Crippen LogP contribution < -0.4 is 0 Å². The molecule has 3 rings (SSSR count). The second-order valence-electron chi connectivity index (χ2n) is 5.25. The van der Waals surface area contributed by atoms with E-state index in [1.807, 2.05) is 6.07 Å². The number of rotatable bonds is 3. The molecule has 0 aliphatic rings. The van der Waals surface area contributed by atoms with Crippen LogP contribution in [0.2, 0.25) is 0 Å². The normalized spacial score (nSPS) is 12.5. The fraction of sp³-hybridized carbons (Fsp3) is 0.176. The highest BCUT2D eigenvalue weighted by Crippen LogP contribution is 2.24. The quantitative estimate of drug-likeness (QED) is 0.796. The van der Waals surface area contributed by atoms with Crippen molar-refractivity contribution in [3.05, 3.63) is 65.5 Å². The third-order valence-corrected chi connectivity index (χ3v) is 3.80. The molecular weight excluding hydrogens is 264 g/mol. The Labute approximate surface area is 122 Å². The summed E-state index contributed by atoms with van der Waals surface area (Å²) in [4.78, 5) is 15.3. The van der Waals surface area contributed by atoms with Crippen LogP contribution in [0.25, 0.3) is 11.0 Å². The van der Waals surface area contributed by atoms with E-state index in [1.54, 1.807) is 18.5 Å². The first-order valence-electron chi connectivity index (χ1n) is 6.82. The molecule has 1 aromatic heterocycles. The van der Waals surface area contributed by atoms with Crippen LogP contribution in [-0.2, 0) is 0 Å². The minimum Gasteiger partial charge on any atom is -0.478 e. The van der Waals surface area contributed by atoms with Crippen molar-refractivity contribution in [2.45, 2.75) is 19.9 Å². The number of fused-ring (bicyclic) bond motifs is 1. The van der Waals surface area contributed by atoms with Crippen LogP contribution in [0.4, 0.5) is 0 Å². The van der Waals surface area contributed by atoms with Crippen molar-refractivity contribution in [3.8, 4) is 0 Å². The molecule has 4 heteroatoms. The SMILES string of the molecule is Cc1ccc(C(C)n2cnc3cc(C(=O)O)ccc32)cc1. The zero-order valence-corrected chi connectivity index (χ0v) is 11.9. The van der Waals surface area contributed by atoms with E-state index in [1.165, 1.54) is 11.1 Å². The largest absolute Gasteiger partial charge is 0.478 e. The maximum atomic E-state index is 11.0. The lowest BCUT2D eigenvalue weighted by Gasteiger charge is -2.15. The van der Waals surface area contributed by atoms with Gasteiger partial charge in [0.1, 0.15) is 0 Å². The number of aryl methyl sites for hydroxylation is 1. The monoisotopic (exact) mass is 280 g/mol. The number of imidazole rings is 1. The van der Waals surface area contributed by atoms with Gasteiger partial charge in [-0.15, -0.1) is 0 Å². The van der Waals surface area contributed by atoms with E-state index in [9.17, 15) is 4.79 Å². The number of carboxylic acid groups (broad SMARTS) is 1. The molecule has 1 atom stereocenters. The minimum absolute atomic E-state index is 0.145. The molecule has 0 saturated carbocycles. The van der Waals surface area contributed by atoms with Crippen molar-refractivity contribution in [1.82, 2.24) is 9.55 Å². The molecule has 0 radical (unpaired) electrons. The second kappa shape index (κ2) is 5.05. The van der Waals surface area contributed by atoms with Crippen LogP contribution in [-0.4, -0.2) is 20.6 Å². The van der Waals surface area contributed by atoms with Crippen LogP contribution in [0.15, 0.2) is 48.8 Å². The Bertz CT molecular complexity index is 803. The van der Waals surface area contributed by atoms with E-state index in [0.717, 1.165) is 5.52 Å². The molecule has 0 spiro atoms. The molecule has 0 aliphatic carbocycles. The fourth-order valence-corrected chi connectivity index (χ4v) is 2.48. The predicted octanol–water partition coefficient (Wildman–Crippen LogP) is 3.65. The van der Waals surface area contributed by atoms with Crippen molar-refractivity contribution >= 4 is 17.0 Å². The van der Waals surface area contributed by atoms with E-state index >= 15 is 0 Å². The molecule has 0 amide bonds. The van der Waals surface area contributed by atoms with Gasteiger partial charge in [0.15, 0.2) is 0 Å². The standard InChI is InChI=1S/C17H16N2O2/c1-11-3-5-13(6-4-11)12(2)19-10-18-15-9-14(17(20)21)7-8-16(15)19/h3-10,12H,1-2H3,(H,20,21). The lowest BCUT2D eigenvalue weighted by atomic mass is 10.1. The van der Waals surface area contributed by atoms with Crippen molar-refractivity contribution < 1.29 is 9.90 Å². The number of aromatic carboxylic acids is 1. The molecule has 1 N–H and O–H groups in total. The van der Waals surface area contributed by atoms with Gasteiger partial charge in [-0.25, -0.2) is 9.78 Å². The fourth-order valence-electron chi connectivity index (χ4n) is 2.48. The van der Waals surface area contributed by atoms with Crippen molar-refractivity contribution in [1.29, 1.82) is 0 Å². The number of benzene rings is 2. The minimum atomic E-state index is -0.932. The van der Waals surface area contributed by atoms with E-state index in [-0.39, 0.29) is 11.6 Å². The highest BCUT2D eigenvalue weighted by Gasteiger charge is 2.13. The molecular formula is C17H16N2O2. The molecule has 4 nitrogen and oxygen atoms in total. The van der Waals surface area contributed by atoms with Gasteiger partial charge >= 0.3 is 5.97 Å². The second-order valence-corrected chi connectivity index (χ2v) is 5.25. The van der Waals surface area contributed by atoms with Gasteiger partial charge in [-0.3, -0.25) is 0 Å². The average Bonchev–Trinajstić information content (AvgIpc) is 2.90. The van der Waals surface area contributed by atoms with E-state index < -0.39 is 5.97 Å². The van der Waals surface area contributed by atoms with E-state index in [2.05, 4.69) is 47.7 Å². The Morgan fingerprint density at radius 1 is 1.19 bits per heavy atom. The third kappa shape index (κ3) is 2.40. The Hall–Kier alpha value is -2.62. The van der Waals surface area contributed by atoms with Gasteiger partial charge in [0.2, 0.25) is 0 Å². The molecule has 106 valence electrons. The van der Waals surface area contributed by atoms with Crippen molar-refractivity contribution in [2.24, 2.45) is 0 Å². The summed E-state index contributed by atoms with van der Waals surface area (Å²) in [5.74, 6) is -0.932. The summed E-state index contributed by atoms with van der Waals surface area (Å²) in [7, 11) is 0. The van der Waals surface area contributed by atoms with Crippen molar-refractivity contribution in [3.63, 3.8) is 0 Å². The van der Waals surface area contributed by atoms with Gasteiger partial charge in [-0.05, 0) is 37.6 Å². The number of hydrogen-bond donors (Lipinski definition) is 1. The average molecular weight is 280 g/mol. The van der Waals surface area contributed by atoms with Crippen LogP contribution in [0.1, 0.15) is 34.5 Å². The smallest absolute Gasteiger partial charge is 0.335 e. The zero-order chi connectivity index (χ0) is 15.0. The number of carbonyl (C=O) groups is 1. The van der Waals surface area contributed by atoms with Gasteiger partial charge in [-0.1, -0.05) is 29.8 Å². The first kappa shape index (κ1) is 13.4. The Morgan fingerprint density at radius 3 is 2.57 bits per heavy atom. The van der Waals surface area contributed by atoms with Gasteiger partial charge in [-0.2, -0.15) is 0 Å². The summed E-state index contributed by atoms with van der Waals surface area (Å²) in [5, 5.41) is 9.03. The van der Waals surface area contributed by atoms with Crippen LogP contribution in [0.5, 0.6) is 0 Å². The maximum Gasteiger partial charge on any atom is 0.335 e. The number of hydrogen-bond acceptors (Lipinski definition) is 2. The zero-order valence-electron chi connectivity index (χ0n) is 11.9.